The molecule has 2 aromatic heterocycles. The van der Waals surface area contributed by atoms with Crippen LogP contribution in [0.1, 0.15) is 36.6 Å². The minimum atomic E-state index is -4.83. The number of aliphatic hydroxyl groups is 1. The maximum atomic E-state index is 14.4. The number of aromatic nitrogens is 2. The molecule has 0 bridgehead atoms. The lowest BCUT2D eigenvalue weighted by Gasteiger charge is -2.40. The van der Waals surface area contributed by atoms with Gasteiger partial charge in [0.2, 0.25) is 0 Å². The molecular formula is C22H23F3N2O2. The molecule has 1 aliphatic rings. The molecule has 1 aromatic carbocycles. The van der Waals surface area contributed by atoms with Gasteiger partial charge < -0.3 is 14.8 Å². The van der Waals surface area contributed by atoms with Crippen molar-refractivity contribution >= 4 is 10.9 Å². The number of fused-ring (bicyclic) bond motifs is 2. The molecule has 0 spiro atoms. The van der Waals surface area contributed by atoms with Gasteiger partial charge in [-0.2, -0.15) is 13.2 Å². The molecule has 2 atom stereocenters. The van der Waals surface area contributed by atoms with Crippen LogP contribution in [0.15, 0.2) is 42.7 Å². The second-order valence-corrected chi connectivity index (χ2v) is 8.01. The number of pyridine rings is 1. The van der Waals surface area contributed by atoms with Gasteiger partial charge in [0, 0.05) is 53.3 Å². The summed E-state index contributed by atoms with van der Waals surface area (Å²) in [6.07, 6.45) is -1.61. The molecule has 3 heterocycles. The van der Waals surface area contributed by atoms with Crippen molar-refractivity contribution in [2.24, 2.45) is 5.92 Å². The molecule has 0 saturated heterocycles. The molecule has 4 rings (SSSR count). The zero-order chi connectivity index (χ0) is 20.8. The van der Waals surface area contributed by atoms with E-state index in [1.165, 1.54) is 0 Å². The van der Waals surface area contributed by atoms with Gasteiger partial charge in [0.25, 0.3) is 0 Å². The maximum absolute atomic E-state index is 14.4. The van der Waals surface area contributed by atoms with Gasteiger partial charge in [0.05, 0.1) is 6.61 Å². The van der Waals surface area contributed by atoms with Crippen LogP contribution >= 0.6 is 0 Å². The highest BCUT2D eigenvalue weighted by Gasteiger charge is 2.60. The average Bonchev–Trinajstić information content (AvgIpc) is 3.26. The third kappa shape index (κ3) is 3.37. The van der Waals surface area contributed by atoms with Crippen molar-refractivity contribution in [2.75, 3.05) is 6.61 Å². The summed E-state index contributed by atoms with van der Waals surface area (Å²) in [5.74, 6) is -1.17. The third-order valence-electron chi connectivity index (χ3n) is 5.69. The zero-order valence-electron chi connectivity index (χ0n) is 16.3. The van der Waals surface area contributed by atoms with Crippen LogP contribution in [0.5, 0.6) is 5.75 Å². The van der Waals surface area contributed by atoms with Gasteiger partial charge in [0.15, 0.2) is 5.60 Å². The van der Waals surface area contributed by atoms with Crippen LogP contribution in [-0.4, -0.2) is 33.5 Å². The highest BCUT2D eigenvalue weighted by molar-refractivity contribution is 5.79. The summed E-state index contributed by atoms with van der Waals surface area (Å²) in [5.41, 5.74) is -0.671. The van der Waals surface area contributed by atoms with Gasteiger partial charge in [-0.05, 0) is 23.6 Å². The Balaban J connectivity index is 1.82. The quantitative estimate of drug-likeness (QED) is 0.644. The van der Waals surface area contributed by atoms with E-state index in [0.717, 1.165) is 5.56 Å². The van der Waals surface area contributed by atoms with E-state index in [1.807, 2.05) is 6.07 Å². The van der Waals surface area contributed by atoms with Crippen molar-refractivity contribution in [3.05, 3.63) is 59.5 Å². The van der Waals surface area contributed by atoms with Gasteiger partial charge in [0.1, 0.15) is 5.75 Å². The first-order valence-electron chi connectivity index (χ1n) is 9.66. The van der Waals surface area contributed by atoms with Crippen molar-refractivity contribution < 1.29 is 23.0 Å². The number of H-pyrrole nitrogens is 1. The molecule has 2 unspecified atom stereocenters. The molecule has 7 heteroatoms. The summed E-state index contributed by atoms with van der Waals surface area (Å²) in [5, 5.41) is 11.9. The van der Waals surface area contributed by atoms with Crippen LogP contribution in [0.2, 0.25) is 0 Å². The molecule has 2 N–H and O–H groups in total. The highest BCUT2D eigenvalue weighted by Crippen LogP contribution is 2.50. The van der Waals surface area contributed by atoms with Crippen LogP contribution in [-0.2, 0) is 12.8 Å². The summed E-state index contributed by atoms with van der Waals surface area (Å²) in [6.45, 7) is 3.84. The Labute approximate surface area is 166 Å². The molecule has 0 amide bonds. The fourth-order valence-corrected chi connectivity index (χ4v) is 4.46. The summed E-state index contributed by atoms with van der Waals surface area (Å²) >= 11 is 0. The standard InChI is InChI=1S/C22H23F3N2O2/c1-13(2)19(17-5-3-4-14-7-9-29-20(14)17)21(28,22(23,24)25)11-16-10-15-12-26-8-6-18(15)27-16/h3-6,8,10,12-13,19,27-28H,7,9,11H2,1-2H3. The Kier molecular flexibility index (Phi) is 4.81. The van der Waals surface area contributed by atoms with Gasteiger partial charge in [-0.1, -0.05) is 32.0 Å². The van der Waals surface area contributed by atoms with Crippen LogP contribution in [0, 0.1) is 5.92 Å². The monoisotopic (exact) mass is 404 g/mol. The minimum absolute atomic E-state index is 0.312. The predicted molar refractivity (Wildman–Crippen MR) is 104 cm³/mol. The molecule has 0 fully saturated rings. The molecule has 0 saturated carbocycles. The summed E-state index contributed by atoms with van der Waals surface area (Å²) in [7, 11) is 0. The fraction of sp³-hybridized carbons (Fsp3) is 0.409. The predicted octanol–water partition coefficient (Wildman–Crippen LogP) is 4.77. The van der Waals surface area contributed by atoms with Crippen molar-refractivity contribution in [1.29, 1.82) is 0 Å². The fourth-order valence-electron chi connectivity index (χ4n) is 4.46. The van der Waals surface area contributed by atoms with E-state index in [4.69, 9.17) is 4.74 Å². The zero-order valence-corrected chi connectivity index (χ0v) is 16.3. The maximum Gasteiger partial charge on any atom is 0.418 e. The number of para-hydroxylation sites is 1. The second kappa shape index (κ2) is 7.06. The van der Waals surface area contributed by atoms with Gasteiger partial charge in [-0.25, -0.2) is 0 Å². The lowest BCUT2D eigenvalue weighted by Crippen LogP contribution is -2.53. The van der Waals surface area contributed by atoms with E-state index in [9.17, 15) is 18.3 Å². The second-order valence-electron chi connectivity index (χ2n) is 8.01. The van der Waals surface area contributed by atoms with Crippen molar-refractivity contribution in [1.82, 2.24) is 9.97 Å². The highest BCUT2D eigenvalue weighted by atomic mass is 19.4. The molecule has 4 nitrogen and oxygen atoms in total. The number of halogens is 3. The Morgan fingerprint density at radius 3 is 2.72 bits per heavy atom. The number of hydrogen-bond donors (Lipinski definition) is 2. The van der Waals surface area contributed by atoms with Crippen LogP contribution in [0.4, 0.5) is 13.2 Å². The number of benzene rings is 1. The van der Waals surface area contributed by atoms with E-state index in [2.05, 4.69) is 9.97 Å². The molecule has 29 heavy (non-hydrogen) atoms. The minimum Gasteiger partial charge on any atom is -0.493 e. The smallest absolute Gasteiger partial charge is 0.418 e. The Morgan fingerprint density at radius 2 is 2.03 bits per heavy atom. The molecule has 154 valence electrons. The number of rotatable bonds is 5. The van der Waals surface area contributed by atoms with E-state index in [0.29, 0.717) is 40.9 Å². The van der Waals surface area contributed by atoms with E-state index in [1.54, 1.807) is 50.5 Å². The van der Waals surface area contributed by atoms with E-state index >= 15 is 0 Å². The number of alkyl halides is 3. The van der Waals surface area contributed by atoms with Crippen LogP contribution < -0.4 is 4.74 Å². The SMILES string of the molecule is CC(C)C(c1cccc2c1OCC2)C(O)(Cc1cc2cnccc2[nH]1)C(F)(F)F. The lowest BCUT2D eigenvalue weighted by molar-refractivity contribution is -0.272. The number of aromatic amines is 1. The Bertz CT molecular complexity index is 995. The number of nitrogens with zero attached hydrogens (tertiary/aromatic N) is 1. The van der Waals surface area contributed by atoms with Crippen molar-refractivity contribution in [3.8, 4) is 5.75 Å². The molecule has 1 aliphatic heterocycles. The third-order valence-corrected chi connectivity index (χ3v) is 5.69. The summed E-state index contributed by atoms with van der Waals surface area (Å²) in [4.78, 5) is 6.99. The van der Waals surface area contributed by atoms with E-state index in [-0.39, 0.29) is 0 Å². The molecular weight excluding hydrogens is 381 g/mol. The average molecular weight is 404 g/mol. The van der Waals surface area contributed by atoms with Crippen LogP contribution in [0.3, 0.4) is 0 Å². The van der Waals surface area contributed by atoms with Gasteiger partial charge in [-0.15, -0.1) is 0 Å². The Morgan fingerprint density at radius 1 is 1.24 bits per heavy atom. The largest absolute Gasteiger partial charge is 0.493 e. The molecule has 0 radical (unpaired) electrons. The summed E-state index contributed by atoms with van der Waals surface area (Å²) < 4.78 is 48.8. The number of hydrogen-bond acceptors (Lipinski definition) is 3. The normalized spacial score (nSPS) is 17.2. The summed E-state index contributed by atoms with van der Waals surface area (Å²) in [6, 6.07) is 8.55. The Hall–Kier alpha value is -2.54. The van der Waals surface area contributed by atoms with Crippen molar-refractivity contribution in [3.63, 3.8) is 0 Å². The first-order valence-corrected chi connectivity index (χ1v) is 9.66. The van der Waals surface area contributed by atoms with Gasteiger partial charge in [-0.3, -0.25) is 4.98 Å². The first-order chi connectivity index (χ1) is 13.7. The van der Waals surface area contributed by atoms with Crippen LogP contribution in [0.25, 0.3) is 10.9 Å². The van der Waals surface area contributed by atoms with Gasteiger partial charge >= 0.3 is 6.18 Å². The number of nitrogens with one attached hydrogen (secondary N) is 1. The van der Waals surface area contributed by atoms with E-state index < -0.39 is 30.0 Å². The lowest BCUT2D eigenvalue weighted by atomic mass is 9.72. The number of ether oxygens (including phenoxy) is 1. The molecule has 3 aromatic rings. The van der Waals surface area contributed by atoms with Crippen molar-refractivity contribution in [2.45, 2.75) is 44.4 Å². The first kappa shape index (κ1) is 19.8. The molecule has 0 aliphatic carbocycles. The topological polar surface area (TPSA) is 58.1 Å².